The summed E-state index contributed by atoms with van der Waals surface area (Å²) in [4.78, 5) is 0. The minimum Gasteiger partial charge on any atom is -0.402 e. The third-order valence-corrected chi connectivity index (χ3v) is 4.56. The Morgan fingerprint density at radius 2 is 1.46 bits per heavy atom. The number of hydrogen-bond acceptors (Lipinski definition) is 2. The second kappa shape index (κ2) is 6.41. The minimum atomic E-state index is -5.64. The van der Waals surface area contributed by atoms with Crippen molar-refractivity contribution in [1.82, 2.24) is 0 Å². The van der Waals surface area contributed by atoms with E-state index < -0.39 is 28.9 Å². The molecule has 1 aliphatic rings. The number of allylic oxidation sites excluding steroid dienone is 5. The van der Waals surface area contributed by atoms with Crippen LogP contribution in [0, 0.1) is 6.92 Å². The molecule has 0 aromatic heterocycles. The topological polar surface area (TPSA) is 52.0 Å². The fourth-order valence-corrected chi connectivity index (χ4v) is 2.90. The van der Waals surface area contributed by atoms with E-state index in [2.05, 4.69) is 0 Å². The summed E-state index contributed by atoms with van der Waals surface area (Å²) in [6, 6.07) is 2.70. The van der Waals surface area contributed by atoms with Crippen LogP contribution in [-0.4, -0.2) is 12.4 Å². The van der Waals surface area contributed by atoms with E-state index in [1.165, 1.54) is 13.8 Å². The maximum Gasteiger partial charge on any atom is 0.411 e. The molecule has 1 aromatic carbocycles. The molecule has 0 unspecified atom stereocenters. The first-order valence-electron chi connectivity index (χ1n) is 7.66. The van der Waals surface area contributed by atoms with Gasteiger partial charge in [-0.3, -0.25) is 0 Å². The summed E-state index contributed by atoms with van der Waals surface area (Å²) in [5.41, 5.74) is 6.04. The Balaban J connectivity index is 2.86. The molecular weight excluding hydrogens is 358 g/mol. The van der Waals surface area contributed by atoms with E-state index in [9.17, 15) is 26.3 Å². The number of anilines is 1. The van der Waals surface area contributed by atoms with Gasteiger partial charge in [0, 0.05) is 17.8 Å². The molecule has 26 heavy (non-hydrogen) atoms. The molecule has 0 spiro atoms. The number of benzene rings is 1. The van der Waals surface area contributed by atoms with E-state index in [1.54, 1.807) is 0 Å². The summed E-state index contributed by atoms with van der Waals surface area (Å²) >= 11 is 0. The molecule has 0 atom stereocenters. The van der Waals surface area contributed by atoms with Gasteiger partial charge in [0.2, 0.25) is 5.41 Å². The molecule has 0 fully saturated rings. The highest BCUT2D eigenvalue weighted by Gasteiger charge is 2.73. The molecule has 2 nitrogen and oxygen atoms in total. The van der Waals surface area contributed by atoms with Gasteiger partial charge in [-0.25, -0.2) is 0 Å². The Morgan fingerprint density at radius 1 is 0.885 bits per heavy atom. The summed E-state index contributed by atoms with van der Waals surface area (Å²) in [7, 11) is 0. The largest absolute Gasteiger partial charge is 0.411 e. The van der Waals surface area contributed by atoms with Gasteiger partial charge >= 0.3 is 12.4 Å². The van der Waals surface area contributed by atoms with Crippen molar-refractivity contribution < 1.29 is 26.3 Å². The fraction of sp³-hybridized carbons (Fsp3) is 0.333. The van der Waals surface area contributed by atoms with Crippen LogP contribution >= 0.6 is 0 Å². The van der Waals surface area contributed by atoms with Crippen molar-refractivity contribution in [2.75, 3.05) is 5.73 Å². The average molecular weight is 376 g/mol. The lowest BCUT2D eigenvalue weighted by atomic mass is 9.71. The zero-order chi connectivity index (χ0) is 19.9. The van der Waals surface area contributed by atoms with Crippen LogP contribution in [0.3, 0.4) is 0 Å². The predicted molar refractivity (Wildman–Crippen MR) is 88.1 cm³/mol. The summed E-state index contributed by atoms with van der Waals surface area (Å²) in [6.45, 7) is 3.02. The normalized spacial score (nSPS) is 16.5. The molecule has 0 bridgehead atoms. The number of alkyl halides is 6. The molecule has 1 aliphatic carbocycles. The first-order valence-corrected chi connectivity index (χ1v) is 7.66. The van der Waals surface area contributed by atoms with Crippen molar-refractivity contribution in [2.24, 2.45) is 5.73 Å². The molecule has 0 saturated heterocycles. The Morgan fingerprint density at radius 3 is 1.96 bits per heavy atom. The molecule has 0 radical (unpaired) electrons. The van der Waals surface area contributed by atoms with Crippen LogP contribution in [0.4, 0.5) is 32.0 Å². The molecule has 0 aliphatic heterocycles. The van der Waals surface area contributed by atoms with E-state index in [4.69, 9.17) is 11.5 Å². The van der Waals surface area contributed by atoms with Crippen molar-refractivity contribution in [3.8, 4) is 0 Å². The Kier molecular flexibility index (Phi) is 4.91. The van der Waals surface area contributed by atoms with E-state index >= 15 is 0 Å². The van der Waals surface area contributed by atoms with Crippen LogP contribution in [0.5, 0.6) is 0 Å². The Bertz CT molecular complexity index is 783. The quantitative estimate of drug-likeness (QED) is 0.560. The Labute approximate surface area is 146 Å². The van der Waals surface area contributed by atoms with Gasteiger partial charge in [0.15, 0.2) is 0 Å². The second-order valence-electron chi connectivity index (χ2n) is 6.22. The van der Waals surface area contributed by atoms with Gasteiger partial charge in [-0.05, 0) is 42.2 Å². The van der Waals surface area contributed by atoms with Gasteiger partial charge in [0.1, 0.15) is 0 Å². The number of aryl methyl sites for hydroxylation is 1. The zero-order valence-corrected chi connectivity index (χ0v) is 14.1. The standard InChI is InChI=1S/C18H18F6N2/c1-10-3-5-12(7-8-14(10)25)16(17(19,20)21,18(22,23)24)13-6-4-11(2)15(26)9-13/h3-7,9H,8,25-26H2,1-2H3. The van der Waals surface area contributed by atoms with Crippen LogP contribution < -0.4 is 11.5 Å². The number of nitrogens with two attached hydrogens (primary N) is 2. The average Bonchev–Trinajstić information content (AvgIpc) is 2.64. The lowest BCUT2D eigenvalue weighted by molar-refractivity contribution is -0.289. The highest BCUT2D eigenvalue weighted by molar-refractivity contribution is 5.56. The van der Waals surface area contributed by atoms with E-state index in [0.717, 1.165) is 36.4 Å². The number of halogens is 6. The summed E-state index contributed by atoms with van der Waals surface area (Å²) in [5, 5.41) is 0. The Hall–Kier alpha value is -2.38. The van der Waals surface area contributed by atoms with Gasteiger partial charge in [0.05, 0.1) is 0 Å². The lowest BCUT2D eigenvalue weighted by Gasteiger charge is -2.39. The van der Waals surface area contributed by atoms with Crippen molar-refractivity contribution in [3.63, 3.8) is 0 Å². The predicted octanol–water partition coefficient (Wildman–Crippen LogP) is 5.06. The molecule has 8 heteroatoms. The van der Waals surface area contributed by atoms with Crippen LogP contribution in [-0.2, 0) is 5.41 Å². The first-order chi connectivity index (χ1) is 11.8. The number of rotatable bonds is 2. The fourth-order valence-electron chi connectivity index (χ4n) is 2.90. The summed E-state index contributed by atoms with van der Waals surface area (Å²) in [5.74, 6) is 0. The van der Waals surface area contributed by atoms with Gasteiger partial charge in [0.25, 0.3) is 0 Å². The van der Waals surface area contributed by atoms with Crippen LogP contribution in [0.25, 0.3) is 0 Å². The van der Waals surface area contributed by atoms with Gasteiger partial charge in [-0.2, -0.15) is 26.3 Å². The number of nitrogen functional groups attached to an aromatic ring is 1. The van der Waals surface area contributed by atoms with Crippen LogP contribution in [0.15, 0.2) is 53.3 Å². The van der Waals surface area contributed by atoms with Crippen LogP contribution in [0.1, 0.15) is 24.5 Å². The molecule has 4 N–H and O–H groups in total. The molecule has 2 rings (SSSR count). The molecule has 142 valence electrons. The van der Waals surface area contributed by atoms with Crippen LogP contribution in [0.2, 0.25) is 0 Å². The van der Waals surface area contributed by atoms with E-state index in [1.807, 2.05) is 0 Å². The first kappa shape index (κ1) is 19.9. The maximum absolute atomic E-state index is 14.0. The van der Waals surface area contributed by atoms with Gasteiger partial charge < -0.3 is 11.5 Å². The molecule has 0 saturated carbocycles. The molecule has 1 aromatic rings. The monoisotopic (exact) mass is 376 g/mol. The van der Waals surface area contributed by atoms with Crippen molar-refractivity contribution in [1.29, 1.82) is 0 Å². The van der Waals surface area contributed by atoms with Crippen molar-refractivity contribution in [3.05, 3.63) is 64.4 Å². The van der Waals surface area contributed by atoms with Crippen molar-refractivity contribution in [2.45, 2.75) is 38.0 Å². The molecule has 0 amide bonds. The third kappa shape index (κ3) is 3.08. The molecular formula is C18H18F6N2. The lowest BCUT2D eigenvalue weighted by Crippen LogP contribution is -2.55. The molecule has 0 heterocycles. The second-order valence-corrected chi connectivity index (χ2v) is 6.22. The van der Waals surface area contributed by atoms with E-state index in [0.29, 0.717) is 11.1 Å². The van der Waals surface area contributed by atoms with Gasteiger partial charge in [-0.1, -0.05) is 30.4 Å². The highest BCUT2D eigenvalue weighted by Crippen LogP contribution is 2.57. The van der Waals surface area contributed by atoms with E-state index in [-0.39, 0.29) is 17.8 Å². The van der Waals surface area contributed by atoms with Gasteiger partial charge in [-0.15, -0.1) is 0 Å². The maximum atomic E-state index is 14.0. The zero-order valence-electron chi connectivity index (χ0n) is 14.1. The SMILES string of the molecule is CC1=C(N)CC=C(C(c2ccc(C)c(N)c2)(C(F)(F)F)C(F)(F)F)C=C1. The van der Waals surface area contributed by atoms with Crippen molar-refractivity contribution >= 4 is 5.69 Å². The summed E-state index contributed by atoms with van der Waals surface area (Å²) < 4.78 is 84.1. The highest BCUT2D eigenvalue weighted by atomic mass is 19.4. The smallest absolute Gasteiger partial charge is 0.402 e. The third-order valence-electron chi connectivity index (χ3n) is 4.56. The number of hydrogen-bond donors (Lipinski definition) is 2. The minimum absolute atomic E-state index is 0.146. The summed E-state index contributed by atoms with van der Waals surface area (Å²) in [6.07, 6.45) is -8.64.